The van der Waals surface area contributed by atoms with Gasteiger partial charge in [0.2, 0.25) is 0 Å². The Morgan fingerprint density at radius 1 is 1.31 bits per heavy atom. The zero-order valence-electron chi connectivity index (χ0n) is 13.7. The average molecular weight is 363 g/mol. The van der Waals surface area contributed by atoms with Crippen LogP contribution in [0.15, 0.2) is 36.7 Å². The van der Waals surface area contributed by atoms with Crippen molar-refractivity contribution in [2.45, 2.75) is 32.1 Å². The zero-order chi connectivity index (χ0) is 18.3. The van der Waals surface area contributed by atoms with Crippen molar-refractivity contribution in [2.75, 3.05) is 0 Å². The number of nitrogens with zero attached hydrogens (tertiary/aromatic N) is 4. The largest absolute Gasteiger partial charge is 0.392 e. The van der Waals surface area contributed by atoms with Gasteiger partial charge >= 0.3 is 6.18 Å². The van der Waals surface area contributed by atoms with E-state index in [2.05, 4.69) is 15.5 Å². The summed E-state index contributed by atoms with van der Waals surface area (Å²) in [7, 11) is 0. The molecule has 3 aromatic heterocycles. The lowest BCUT2D eigenvalue weighted by atomic mass is 9.97. The molecule has 1 atom stereocenters. The lowest BCUT2D eigenvalue weighted by Gasteiger charge is -2.25. The molecule has 4 heterocycles. The molecule has 4 rings (SSSR count). The topological polar surface area (TPSA) is 64.2 Å². The number of carbonyl (C=O) groups excluding carboxylic acids is 1. The molecule has 0 aromatic carbocycles. The van der Waals surface area contributed by atoms with Crippen molar-refractivity contribution in [1.82, 2.24) is 24.5 Å². The number of fused-ring (bicyclic) bond motifs is 2. The smallest absolute Gasteiger partial charge is 0.345 e. The lowest BCUT2D eigenvalue weighted by molar-refractivity contribution is -0.179. The van der Waals surface area contributed by atoms with Crippen LogP contribution in [0.4, 0.5) is 13.2 Å². The van der Waals surface area contributed by atoms with Gasteiger partial charge in [0.05, 0.1) is 18.0 Å². The Bertz CT molecular complexity index is 926. The summed E-state index contributed by atoms with van der Waals surface area (Å²) in [5.74, 6) is -0.861. The Labute approximate surface area is 146 Å². The second-order valence-electron chi connectivity index (χ2n) is 6.36. The first-order valence-corrected chi connectivity index (χ1v) is 8.24. The number of amides is 1. The standard InChI is InChI=1S/C17H16F3N5O/c18-17(19,20)12-4-6-25-14(8-12)22-23-15(25)9-21-16(26)11-7-13-3-1-2-5-24(13)10-11/h1-3,5,7,10,12H,4,6,8-9H2,(H,21,26)/t12-/m0/s1. The van der Waals surface area contributed by atoms with Gasteiger partial charge in [-0.25, -0.2) is 0 Å². The van der Waals surface area contributed by atoms with Gasteiger partial charge in [0.15, 0.2) is 5.82 Å². The van der Waals surface area contributed by atoms with Gasteiger partial charge in [-0.3, -0.25) is 4.79 Å². The number of alkyl halides is 3. The minimum absolute atomic E-state index is 0.000363. The summed E-state index contributed by atoms with van der Waals surface area (Å²) in [4.78, 5) is 12.3. The maximum Gasteiger partial charge on any atom is 0.392 e. The molecule has 0 radical (unpaired) electrons. The molecule has 1 aliphatic rings. The van der Waals surface area contributed by atoms with Crippen LogP contribution in [0.25, 0.3) is 5.52 Å². The Balaban J connectivity index is 1.44. The normalized spacial score (nSPS) is 17.3. The Hall–Kier alpha value is -2.84. The Morgan fingerprint density at radius 2 is 2.15 bits per heavy atom. The van der Waals surface area contributed by atoms with Crippen molar-refractivity contribution in [1.29, 1.82) is 0 Å². The highest BCUT2D eigenvalue weighted by atomic mass is 19.4. The van der Waals surface area contributed by atoms with E-state index in [9.17, 15) is 18.0 Å². The SMILES string of the molecule is O=C(NCc1nnc2n1CC[C@H](C(F)(F)F)C2)c1cc2ccccn2c1. The number of pyridine rings is 1. The second-order valence-corrected chi connectivity index (χ2v) is 6.36. The molecule has 1 amide bonds. The highest BCUT2D eigenvalue weighted by Gasteiger charge is 2.42. The first-order valence-electron chi connectivity index (χ1n) is 8.24. The van der Waals surface area contributed by atoms with E-state index < -0.39 is 12.1 Å². The van der Waals surface area contributed by atoms with Crippen LogP contribution in [0.3, 0.4) is 0 Å². The van der Waals surface area contributed by atoms with Gasteiger partial charge in [-0.15, -0.1) is 10.2 Å². The molecule has 26 heavy (non-hydrogen) atoms. The average Bonchev–Trinajstić information content (AvgIpc) is 3.22. The Morgan fingerprint density at radius 3 is 2.92 bits per heavy atom. The number of aromatic nitrogens is 4. The summed E-state index contributed by atoms with van der Waals surface area (Å²) in [6.07, 6.45) is -0.825. The van der Waals surface area contributed by atoms with Crippen LogP contribution in [0, 0.1) is 5.92 Å². The van der Waals surface area contributed by atoms with Gasteiger partial charge in [0, 0.05) is 30.9 Å². The molecule has 0 spiro atoms. The van der Waals surface area contributed by atoms with E-state index in [1.165, 1.54) is 0 Å². The third kappa shape index (κ3) is 3.04. The molecular weight excluding hydrogens is 347 g/mol. The minimum atomic E-state index is -4.22. The van der Waals surface area contributed by atoms with Crippen LogP contribution in [0.5, 0.6) is 0 Å². The molecular formula is C17H16F3N5O. The van der Waals surface area contributed by atoms with Crippen molar-refractivity contribution in [3.8, 4) is 0 Å². The van der Waals surface area contributed by atoms with Crippen LogP contribution in [0.2, 0.25) is 0 Å². The molecule has 1 aliphatic heterocycles. The van der Waals surface area contributed by atoms with E-state index in [0.717, 1.165) is 5.52 Å². The number of hydrogen-bond donors (Lipinski definition) is 1. The van der Waals surface area contributed by atoms with Gasteiger partial charge in [0.1, 0.15) is 5.82 Å². The number of halogens is 3. The highest BCUT2D eigenvalue weighted by Crippen LogP contribution is 2.34. The summed E-state index contributed by atoms with van der Waals surface area (Å²) in [6, 6.07) is 7.41. The number of hydrogen-bond acceptors (Lipinski definition) is 3. The summed E-state index contributed by atoms with van der Waals surface area (Å²) < 4.78 is 42.1. The summed E-state index contributed by atoms with van der Waals surface area (Å²) in [5, 5.41) is 10.6. The predicted molar refractivity (Wildman–Crippen MR) is 86.5 cm³/mol. The van der Waals surface area contributed by atoms with Crippen molar-refractivity contribution in [3.63, 3.8) is 0 Å². The number of nitrogens with one attached hydrogen (secondary N) is 1. The van der Waals surface area contributed by atoms with Crippen molar-refractivity contribution >= 4 is 11.4 Å². The molecule has 0 aliphatic carbocycles. The summed E-state index contributed by atoms with van der Waals surface area (Å²) in [6.45, 7) is 0.322. The minimum Gasteiger partial charge on any atom is -0.345 e. The maximum absolute atomic E-state index is 12.9. The molecule has 0 saturated heterocycles. The fourth-order valence-electron chi connectivity index (χ4n) is 3.24. The molecule has 1 N–H and O–H groups in total. The fraction of sp³-hybridized carbons (Fsp3) is 0.353. The molecule has 3 aromatic rings. The Kier molecular flexibility index (Phi) is 3.93. The van der Waals surface area contributed by atoms with Crippen LogP contribution in [-0.4, -0.2) is 31.2 Å². The quantitative estimate of drug-likeness (QED) is 0.778. The third-order valence-corrected chi connectivity index (χ3v) is 4.67. The van der Waals surface area contributed by atoms with Gasteiger partial charge in [-0.1, -0.05) is 6.07 Å². The number of carbonyl (C=O) groups is 1. The monoisotopic (exact) mass is 363 g/mol. The van der Waals surface area contributed by atoms with Crippen molar-refractivity contribution in [3.05, 3.63) is 53.9 Å². The van der Waals surface area contributed by atoms with Gasteiger partial charge in [-0.2, -0.15) is 13.2 Å². The van der Waals surface area contributed by atoms with Gasteiger partial charge < -0.3 is 14.3 Å². The molecule has 0 fully saturated rings. The summed E-state index contributed by atoms with van der Waals surface area (Å²) in [5.41, 5.74) is 1.41. The molecule has 9 heteroatoms. The second kappa shape index (κ2) is 6.15. The molecule has 0 saturated carbocycles. The molecule has 6 nitrogen and oxygen atoms in total. The molecule has 0 bridgehead atoms. The van der Waals surface area contributed by atoms with E-state index in [4.69, 9.17) is 0 Å². The van der Waals surface area contributed by atoms with Crippen molar-refractivity contribution < 1.29 is 18.0 Å². The van der Waals surface area contributed by atoms with Crippen molar-refractivity contribution in [2.24, 2.45) is 5.92 Å². The van der Waals surface area contributed by atoms with Crippen LogP contribution in [0.1, 0.15) is 28.4 Å². The first-order chi connectivity index (χ1) is 12.4. The van der Waals surface area contributed by atoms with Crippen LogP contribution >= 0.6 is 0 Å². The maximum atomic E-state index is 12.9. The van der Waals surface area contributed by atoms with Crippen LogP contribution in [-0.2, 0) is 19.5 Å². The fourth-order valence-corrected chi connectivity index (χ4v) is 3.24. The van der Waals surface area contributed by atoms with Gasteiger partial charge in [-0.05, 0) is 24.6 Å². The number of rotatable bonds is 3. The highest BCUT2D eigenvalue weighted by molar-refractivity contribution is 5.95. The van der Waals surface area contributed by atoms with Gasteiger partial charge in [0.25, 0.3) is 5.91 Å². The van der Waals surface area contributed by atoms with E-state index >= 15 is 0 Å². The van der Waals surface area contributed by atoms with E-state index in [-0.39, 0.29) is 31.8 Å². The van der Waals surface area contributed by atoms with Crippen LogP contribution < -0.4 is 5.32 Å². The molecule has 136 valence electrons. The zero-order valence-corrected chi connectivity index (χ0v) is 13.7. The first kappa shape index (κ1) is 16.6. The van der Waals surface area contributed by atoms with E-state index in [0.29, 0.717) is 17.2 Å². The lowest BCUT2D eigenvalue weighted by Crippen LogP contribution is -2.32. The summed E-state index contributed by atoms with van der Waals surface area (Å²) >= 11 is 0. The van der Waals surface area contributed by atoms with E-state index in [1.807, 2.05) is 28.8 Å². The third-order valence-electron chi connectivity index (χ3n) is 4.67. The predicted octanol–water partition coefficient (Wildman–Crippen LogP) is 2.59. The molecule has 0 unspecified atom stereocenters. The van der Waals surface area contributed by atoms with E-state index in [1.54, 1.807) is 16.8 Å².